The van der Waals surface area contributed by atoms with Gasteiger partial charge in [0.25, 0.3) is 0 Å². The fourth-order valence-electron chi connectivity index (χ4n) is 4.73. The van der Waals surface area contributed by atoms with Gasteiger partial charge in [-0.1, -0.05) is 49.6 Å². The molecule has 0 fully saturated rings. The third-order valence-electron chi connectivity index (χ3n) is 6.95. The number of aryl methyl sites for hydroxylation is 1. The van der Waals surface area contributed by atoms with E-state index in [-0.39, 0.29) is 11.5 Å². The molecule has 0 aromatic heterocycles. The Labute approximate surface area is 241 Å². The molecule has 3 aromatic carbocycles. The quantitative estimate of drug-likeness (QED) is 0.169. The van der Waals surface area contributed by atoms with Gasteiger partial charge in [-0.3, -0.25) is 4.79 Å². The zero-order valence-electron chi connectivity index (χ0n) is 24.6. The van der Waals surface area contributed by atoms with Crippen LogP contribution in [0.5, 0.6) is 11.5 Å². The predicted molar refractivity (Wildman–Crippen MR) is 160 cm³/mol. The van der Waals surface area contributed by atoms with Gasteiger partial charge in [0.15, 0.2) is 0 Å². The van der Waals surface area contributed by atoms with Crippen LogP contribution < -0.4 is 9.47 Å². The first kappa shape index (κ1) is 29.5. The lowest BCUT2D eigenvalue weighted by molar-refractivity contribution is -0.159. The molecule has 1 aliphatic rings. The van der Waals surface area contributed by atoms with Gasteiger partial charge in [0.1, 0.15) is 17.6 Å². The molecule has 6 heteroatoms. The molecule has 1 unspecified atom stereocenters. The Kier molecular flexibility index (Phi) is 8.34. The first-order chi connectivity index (χ1) is 19.3. The molecule has 0 aliphatic heterocycles. The molecule has 6 nitrogen and oxygen atoms in total. The van der Waals surface area contributed by atoms with Crippen LogP contribution >= 0.6 is 0 Å². The minimum absolute atomic E-state index is 0.286. The maximum absolute atomic E-state index is 12.8. The number of carbonyl (C=O) groups is 3. The minimum Gasteiger partial charge on any atom is -0.457 e. The highest BCUT2D eigenvalue weighted by Crippen LogP contribution is 2.46. The van der Waals surface area contributed by atoms with E-state index in [9.17, 15) is 14.4 Å². The van der Waals surface area contributed by atoms with Gasteiger partial charge in [-0.15, -0.1) is 0 Å². The first-order valence-corrected chi connectivity index (χ1v) is 13.6. The molecule has 1 aliphatic carbocycles. The minimum atomic E-state index is -0.665. The molecule has 0 radical (unpaired) electrons. The zero-order chi connectivity index (χ0) is 30.1. The smallest absolute Gasteiger partial charge is 0.338 e. The number of carbonyl (C=O) groups excluding carboxylic acids is 3. The third kappa shape index (κ3) is 6.49. The number of ether oxygens (including phenoxy) is 3. The second-order valence-corrected chi connectivity index (χ2v) is 11.6. The van der Waals surface area contributed by atoms with E-state index in [1.165, 1.54) is 0 Å². The highest BCUT2D eigenvalue weighted by Gasteiger charge is 2.35. The number of fused-ring (bicyclic) bond motifs is 1. The highest BCUT2D eigenvalue weighted by molar-refractivity contribution is 5.90. The molecular weight excluding hydrogens is 516 g/mol. The summed E-state index contributed by atoms with van der Waals surface area (Å²) in [7, 11) is 0. The lowest BCUT2D eigenvalue weighted by Gasteiger charge is -2.23. The van der Waals surface area contributed by atoms with Crippen molar-refractivity contribution in [3.63, 3.8) is 0 Å². The topological polar surface area (TPSA) is 78.9 Å². The first-order valence-electron chi connectivity index (χ1n) is 13.6. The standard InChI is InChI=1S/C35H36O6/c1-20(2)32(36)39-25-11-9-10-23(19-25)26-13-12-24(18-22(26)5)27-14-16-29(40-33(37)21(3)4)31-28(27)15-17-30(31)41-34(38)35(6,7)8/h9-14,16,18-19,30H,1,3,15,17H2,2,4-8H3. The summed E-state index contributed by atoms with van der Waals surface area (Å²) in [6.45, 7) is 18.0. The lowest BCUT2D eigenvalue weighted by atomic mass is 9.92. The Hall–Kier alpha value is -4.45. The van der Waals surface area contributed by atoms with Crippen molar-refractivity contribution in [1.29, 1.82) is 0 Å². The molecule has 212 valence electrons. The maximum atomic E-state index is 12.8. The number of rotatable bonds is 7. The van der Waals surface area contributed by atoms with Crippen LogP contribution in [0.4, 0.5) is 0 Å². The van der Waals surface area contributed by atoms with Crippen LogP contribution in [0.2, 0.25) is 0 Å². The van der Waals surface area contributed by atoms with Crippen LogP contribution in [0.15, 0.2) is 78.9 Å². The average molecular weight is 553 g/mol. The molecule has 0 spiro atoms. The van der Waals surface area contributed by atoms with Crippen molar-refractivity contribution in [3.8, 4) is 33.8 Å². The summed E-state index contributed by atoms with van der Waals surface area (Å²) >= 11 is 0. The van der Waals surface area contributed by atoms with E-state index in [4.69, 9.17) is 14.2 Å². The van der Waals surface area contributed by atoms with Crippen molar-refractivity contribution in [1.82, 2.24) is 0 Å². The van der Waals surface area contributed by atoms with Crippen molar-refractivity contribution in [3.05, 3.63) is 95.6 Å². The Morgan fingerprint density at radius 2 is 1.46 bits per heavy atom. The molecule has 1 atom stereocenters. The van der Waals surface area contributed by atoms with E-state index in [1.54, 1.807) is 26.0 Å². The number of hydrogen-bond acceptors (Lipinski definition) is 6. The summed E-state index contributed by atoms with van der Waals surface area (Å²) in [5.74, 6) is -0.465. The highest BCUT2D eigenvalue weighted by atomic mass is 16.6. The monoisotopic (exact) mass is 552 g/mol. The molecule has 0 heterocycles. The summed E-state index contributed by atoms with van der Waals surface area (Å²) in [6.07, 6.45) is 0.746. The Balaban J connectivity index is 1.72. The van der Waals surface area contributed by atoms with Crippen molar-refractivity contribution in [2.45, 2.75) is 60.5 Å². The Bertz CT molecular complexity index is 1570. The largest absolute Gasteiger partial charge is 0.457 e. The van der Waals surface area contributed by atoms with Crippen LogP contribution in [0.1, 0.15) is 63.8 Å². The molecule has 3 aromatic rings. The van der Waals surface area contributed by atoms with E-state index in [1.807, 2.05) is 64.1 Å². The van der Waals surface area contributed by atoms with Gasteiger partial charge in [-0.25, -0.2) is 9.59 Å². The normalized spacial score (nSPS) is 14.1. The second-order valence-electron chi connectivity index (χ2n) is 11.6. The van der Waals surface area contributed by atoms with Gasteiger partial charge in [-0.2, -0.15) is 0 Å². The van der Waals surface area contributed by atoms with E-state index >= 15 is 0 Å². The summed E-state index contributed by atoms with van der Waals surface area (Å²) in [5.41, 5.74) is 6.61. The fraction of sp³-hybridized carbons (Fsp3) is 0.286. The van der Waals surface area contributed by atoms with Crippen molar-refractivity contribution in [2.24, 2.45) is 5.41 Å². The SMILES string of the molecule is C=C(C)C(=O)Oc1cccc(-c2ccc(-c3ccc(OC(=O)C(=C)C)c4c3CCC4OC(=O)C(C)(C)C)cc2C)c1. The zero-order valence-corrected chi connectivity index (χ0v) is 24.6. The molecule has 41 heavy (non-hydrogen) atoms. The fourth-order valence-corrected chi connectivity index (χ4v) is 4.73. The second kappa shape index (κ2) is 11.6. The van der Waals surface area contributed by atoms with Gasteiger partial charge in [0.2, 0.25) is 0 Å². The summed E-state index contributed by atoms with van der Waals surface area (Å²) in [6, 6.07) is 17.3. The van der Waals surface area contributed by atoms with Crippen LogP contribution in [0.25, 0.3) is 22.3 Å². The van der Waals surface area contributed by atoms with E-state index in [2.05, 4.69) is 19.2 Å². The van der Waals surface area contributed by atoms with E-state index < -0.39 is 23.5 Å². The van der Waals surface area contributed by atoms with Crippen LogP contribution in [0, 0.1) is 12.3 Å². The Morgan fingerprint density at radius 1 is 0.829 bits per heavy atom. The van der Waals surface area contributed by atoms with Crippen molar-refractivity contribution >= 4 is 17.9 Å². The summed E-state index contributed by atoms with van der Waals surface area (Å²) in [5, 5.41) is 0. The predicted octanol–water partition coefficient (Wildman–Crippen LogP) is 7.87. The molecule has 0 amide bonds. The van der Waals surface area contributed by atoms with E-state index in [0.29, 0.717) is 29.9 Å². The van der Waals surface area contributed by atoms with Gasteiger partial charge >= 0.3 is 17.9 Å². The molecule has 0 N–H and O–H groups in total. The molecule has 4 rings (SSSR count). The van der Waals surface area contributed by atoms with Gasteiger partial charge in [0.05, 0.1) is 5.41 Å². The Morgan fingerprint density at radius 3 is 2.10 bits per heavy atom. The van der Waals surface area contributed by atoms with Gasteiger partial charge in [-0.05, 0) is 106 Å². The van der Waals surface area contributed by atoms with Crippen LogP contribution in [0.3, 0.4) is 0 Å². The average Bonchev–Trinajstić information content (AvgIpc) is 3.32. The molecular formula is C35H36O6. The van der Waals surface area contributed by atoms with Gasteiger partial charge in [0, 0.05) is 16.7 Å². The number of benzene rings is 3. The van der Waals surface area contributed by atoms with Crippen molar-refractivity contribution in [2.75, 3.05) is 0 Å². The summed E-state index contributed by atoms with van der Waals surface area (Å²) in [4.78, 5) is 37.2. The molecule has 0 saturated carbocycles. The molecule has 0 saturated heterocycles. The number of esters is 3. The lowest BCUT2D eigenvalue weighted by Crippen LogP contribution is -2.24. The summed E-state index contributed by atoms with van der Waals surface area (Å²) < 4.78 is 17.0. The number of hydrogen-bond donors (Lipinski definition) is 0. The molecule has 0 bridgehead atoms. The van der Waals surface area contributed by atoms with Crippen LogP contribution in [-0.4, -0.2) is 17.9 Å². The maximum Gasteiger partial charge on any atom is 0.338 e. The van der Waals surface area contributed by atoms with Gasteiger partial charge < -0.3 is 14.2 Å². The van der Waals surface area contributed by atoms with Crippen LogP contribution in [-0.2, 0) is 25.5 Å². The third-order valence-corrected chi connectivity index (χ3v) is 6.95. The van der Waals surface area contributed by atoms with Crippen molar-refractivity contribution < 1.29 is 28.6 Å². The van der Waals surface area contributed by atoms with E-state index in [0.717, 1.165) is 38.9 Å².